The van der Waals surface area contributed by atoms with Gasteiger partial charge in [0, 0.05) is 36.1 Å². The zero-order valence-corrected chi connectivity index (χ0v) is 14.3. The maximum absolute atomic E-state index is 12.7. The van der Waals surface area contributed by atoms with Crippen molar-refractivity contribution < 1.29 is 4.79 Å². The van der Waals surface area contributed by atoms with E-state index in [1.54, 1.807) is 12.5 Å². The molecule has 3 rings (SSSR count). The van der Waals surface area contributed by atoms with Gasteiger partial charge in [-0.2, -0.15) is 0 Å². The number of aryl methyl sites for hydroxylation is 2. The van der Waals surface area contributed by atoms with Crippen molar-refractivity contribution in [2.24, 2.45) is 0 Å². The van der Waals surface area contributed by atoms with Crippen LogP contribution in [-0.4, -0.2) is 27.0 Å². The lowest BCUT2D eigenvalue weighted by Gasteiger charge is -2.15. The molecule has 1 N–H and O–H groups in total. The van der Waals surface area contributed by atoms with Crippen LogP contribution in [0, 0.1) is 6.92 Å². The van der Waals surface area contributed by atoms with E-state index in [2.05, 4.69) is 34.3 Å². The number of fused-ring (bicyclic) bond motifs is 1. The molecule has 0 fully saturated rings. The van der Waals surface area contributed by atoms with E-state index in [0.717, 1.165) is 23.0 Å². The van der Waals surface area contributed by atoms with E-state index in [1.165, 1.54) is 5.56 Å². The topological polar surface area (TPSA) is 59.8 Å². The van der Waals surface area contributed by atoms with E-state index < -0.39 is 0 Å². The summed E-state index contributed by atoms with van der Waals surface area (Å²) in [5, 5.41) is 3.94. The van der Waals surface area contributed by atoms with Crippen molar-refractivity contribution in [3.05, 3.63) is 59.8 Å². The number of amides is 1. The highest BCUT2D eigenvalue weighted by Crippen LogP contribution is 2.20. The third-order valence-electron chi connectivity index (χ3n) is 4.25. The maximum atomic E-state index is 12.7. The number of carbonyl (C=O) groups excluding carboxylic acids is 1. The van der Waals surface area contributed by atoms with Gasteiger partial charge in [0.05, 0.1) is 17.4 Å². The van der Waals surface area contributed by atoms with Gasteiger partial charge in [-0.3, -0.25) is 9.78 Å². The van der Waals surface area contributed by atoms with Gasteiger partial charge >= 0.3 is 0 Å². The monoisotopic (exact) mass is 322 g/mol. The lowest BCUT2D eigenvalue weighted by atomic mass is 10.0. The van der Waals surface area contributed by atoms with E-state index in [0.29, 0.717) is 12.1 Å². The Hall–Kier alpha value is -2.69. The van der Waals surface area contributed by atoms with Crippen molar-refractivity contribution in [1.82, 2.24) is 19.9 Å². The van der Waals surface area contributed by atoms with Crippen LogP contribution in [-0.2, 0) is 6.42 Å². The maximum Gasteiger partial charge on any atom is 0.252 e. The summed E-state index contributed by atoms with van der Waals surface area (Å²) in [5.74, 6) is -0.0641. The summed E-state index contributed by atoms with van der Waals surface area (Å²) in [6.07, 6.45) is 6.33. The molecular weight excluding hydrogens is 300 g/mol. The summed E-state index contributed by atoms with van der Waals surface area (Å²) in [4.78, 5) is 21.3. The Labute approximate surface area is 141 Å². The minimum atomic E-state index is -0.0641. The van der Waals surface area contributed by atoms with E-state index in [1.807, 2.05) is 36.7 Å². The number of nitrogens with zero attached hydrogens (tertiary/aromatic N) is 3. The highest BCUT2D eigenvalue weighted by molar-refractivity contribution is 6.06. The molecule has 5 heteroatoms. The third kappa shape index (κ3) is 3.30. The second kappa shape index (κ2) is 6.83. The number of rotatable bonds is 5. The second-order valence-corrected chi connectivity index (χ2v) is 6.09. The van der Waals surface area contributed by atoms with Crippen molar-refractivity contribution in [1.29, 1.82) is 0 Å². The van der Waals surface area contributed by atoms with Crippen molar-refractivity contribution in [2.45, 2.75) is 33.2 Å². The molecule has 0 radical (unpaired) electrons. The summed E-state index contributed by atoms with van der Waals surface area (Å²) in [5.41, 5.74) is 3.60. The Bertz CT molecular complexity index is 855. The number of benzene rings is 1. The molecule has 2 aromatic heterocycles. The molecule has 1 atom stereocenters. The van der Waals surface area contributed by atoms with Crippen LogP contribution in [0.3, 0.4) is 0 Å². The van der Waals surface area contributed by atoms with Crippen LogP contribution in [0.25, 0.3) is 10.9 Å². The first kappa shape index (κ1) is 16.2. The Kier molecular flexibility index (Phi) is 4.60. The van der Waals surface area contributed by atoms with Gasteiger partial charge in [-0.1, -0.05) is 13.0 Å². The largest absolute Gasteiger partial charge is 0.350 e. The standard InChI is InChI=1S/C19H22N4O/c1-4-15-5-6-18-16(10-15)17(9-13(2)22-18)19(24)21-11-14(3)23-8-7-20-12-23/h5-10,12,14H,4,11H2,1-3H3,(H,21,24)/t14-/m1/s1. The molecule has 24 heavy (non-hydrogen) atoms. The van der Waals surface area contributed by atoms with E-state index in [-0.39, 0.29) is 11.9 Å². The molecular formula is C19H22N4O. The summed E-state index contributed by atoms with van der Waals surface area (Å²) >= 11 is 0. The lowest BCUT2D eigenvalue weighted by Crippen LogP contribution is -2.29. The number of pyridine rings is 1. The molecule has 0 aliphatic heterocycles. The normalized spacial score (nSPS) is 12.3. The number of aromatic nitrogens is 3. The Morgan fingerprint density at radius 1 is 1.33 bits per heavy atom. The van der Waals surface area contributed by atoms with E-state index in [4.69, 9.17) is 0 Å². The van der Waals surface area contributed by atoms with Crippen LogP contribution in [0.1, 0.15) is 41.5 Å². The van der Waals surface area contributed by atoms with Crippen molar-refractivity contribution >= 4 is 16.8 Å². The SMILES string of the molecule is CCc1ccc2nc(C)cc(C(=O)NC[C@@H](C)n3ccnc3)c2c1. The van der Waals surface area contributed by atoms with Crippen molar-refractivity contribution in [3.8, 4) is 0 Å². The molecule has 0 aliphatic rings. The molecule has 1 amide bonds. The van der Waals surface area contributed by atoms with Gasteiger partial charge in [0.1, 0.15) is 0 Å². The van der Waals surface area contributed by atoms with Crippen LogP contribution in [0.2, 0.25) is 0 Å². The number of carbonyl (C=O) groups is 1. The van der Waals surface area contributed by atoms with E-state index >= 15 is 0 Å². The van der Waals surface area contributed by atoms with Gasteiger partial charge < -0.3 is 9.88 Å². The van der Waals surface area contributed by atoms with Gasteiger partial charge in [-0.15, -0.1) is 0 Å². The van der Waals surface area contributed by atoms with Gasteiger partial charge in [0.2, 0.25) is 0 Å². The molecule has 1 aromatic carbocycles. The Balaban J connectivity index is 1.86. The number of imidazole rings is 1. The van der Waals surface area contributed by atoms with Crippen LogP contribution < -0.4 is 5.32 Å². The average molecular weight is 322 g/mol. The number of nitrogens with one attached hydrogen (secondary N) is 1. The molecule has 3 aromatic rings. The van der Waals surface area contributed by atoms with Crippen LogP contribution >= 0.6 is 0 Å². The number of hydrogen-bond acceptors (Lipinski definition) is 3. The van der Waals surface area contributed by atoms with Gasteiger partial charge in [-0.25, -0.2) is 4.98 Å². The third-order valence-corrected chi connectivity index (χ3v) is 4.25. The quantitative estimate of drug-likeness (QED) is 0.784. The number of hydrogen-bond donors (Lipinski definition) is 1. The second-order valence-electron chi connectivity index (χ2n) is 6.09. The zero-order chi connectivity index (χ0) is 17.1. The lowest BCUT2D eigenvalue weighted by molar-refractivity contribution is 0.0950. The van der Waals surface area contributed by atoms with Crippen LogP contribution in [0.5, 0.6) is 0 Å². The molecule has 0 saturated carbocycles. The molecule has 0 unspecified atom stereocenters. The molecule has 0 spiro atoms. The van der Waals surface area contributed by atoms with Crippen LogP contribution in [0.4, 0.5) is 0 Å². The van der Waals surface area contributed by atoms with E-state index in [9.17, 15) is 4.79 Å². The smallest absolute Gasteiger partial charge is 0.252 e. The van der Waals surface area contributed by atoms with Crippen molar-refractivity contribution in [3.63, 3.8) is 0 Å². The molecule has 5 nitrogen and oxygen atoms in total. The Morgan fingerprint density at radius 3 is 2.88 bits per heavy atom. The summed E-state index contributed by atoms with van der Waals surface area (Å²) < 4.78 is 1.98. The fourth-order valence-corrected chi connectivity index (χ4v) is 2.78. The molecule has 2 heterocycles. The summed E-state index contributed by atoms with van der Waals surface area (Å²) in [6.45, 7) is 6.62. The summed E-state index contributed by atoms with van der Waals surface area (Å²) in [6, 6.07) is 8.13. The molecule has 124 valence electrons. The first-order chi connectivity index (χ1) is 11.6. The zero-order valence-electron chi connectivity index (χ0n) is 14.3. The van der Waals surface area contributed by atoms with Crippen LogP contribution in [0.15, 0.2) is 43.0 Å². The highest BCUT2D eigenvalue weighted by atomic mass is 16.1. The highest BCUT2D eigenvalue weighted by Gasteiger charge is 2.14. The van der Waals surface area contributed by atoms with Crippen molar-refractivity contribution in [2.75, 3.05) is 6.54 Å². The fourth-order valence-electron chi connectivity index (χ4n) is 2.78. The fraction of sp³-hybridized carbons (Fsp3) is 0.316. The minimum absolute atomic E-state index is 0.0641. The molecule has 0 aliphatic carbocycles. The molecule has 0 saturated heterocycles. The predicted molar refractivity (Wildman–Crippen MR) is 95.1 cm³/mol. The predicted octanol–water partition coefficient (Wildman–Crippen LogP) is 3.29. The van der Waals surface area contributed by atoms with Gasteiger partial charge in [0.25, 0.3) is 5.91 Å². The molecule has 0 bridgehead atoms. The summed E-state index contributed by atoms with van der Waals surface area (Å²) in [7, 11) is 0. The Morgan fingerprint density at radius 2 is 2.17 bits per heavy atom. The first-order valence-corrected chi connectivity index (χ1v) is 8.24. The van der Waals surface area contributed by atoms with Gasteiger partial charge in [-0.05, 0) is 44.0 Å². The minimum Gasteiger partial charge on any atom is -0.350 e. The van der Waals surface area contributed by atoms with Gasteiger partial charge in [0.15, 0.2) is 0 Å². The average Bonchev–Trinajstić information content (AvgIpc) is 3.13. The first-order valence-electron chi connectivity index (χ1n) is 8.24.